The van der Waals surface area contributed by atoms with Crippen LogP contribution < -0.4 is 5.32 Å². The lowest BCUT2D eigenvalue weighted by Crippen LogP contribution is -2.37. The van der Waals surface area contributed by atoms with Gasteiger partial charge in [-0.15, -0.1) is 0 Å². The summed E-state index contributed by atoms with van der Waals surface area (Å²) in [5, 5.41) is 11.6. The maximum Gasteiger partial charge on any atom is 0.251 e. The maximum absolute atomic E-state index is 13.0. The number of carbonyl (C=O) groups is 1. The van der Waals surface area contributed by atoms with Crippen LogP contribution in [0.15, 0.2) is 18.2 Å². The molecule has 0 aliphatic rings. The van der Waals surface area contributed by atoms with E-state index in [0.717, 1.165) is 6.07 Å². The fraction of sp³-hybridized carbons (Fsp3) is 0.417. The summed E-state index contributed by atoms with van der Waals surface area (Å²) in [5.74, 6) is -0.157. The van der Waals surface area contributed by atoms with Crippen LogP contribution in [0.1, 0.15) is 16.8 Å². The Morgan fingerprint density at radius 3 is 2.89 bits per heavy atom. The molecule has 3 nitrogen and oxygen atoms in total. The van der Waals surface area contributed by atoms with Crippen LogP contribution in [0.3, 0.4) is 0 Å². The number of carbonyl (C=O) groups excluding carboxylic acids is 1. The zero-order valence-corrected chi connectivity index (χ0v) is 11.5. The highest BCUT2D eigenvalue weighted by Crippen LogP contribution is 2.16. The molecule has 0 heterocycles. The Balaban J connectivity index is 2.70. The largest absolute Gasteiger partial charge is 0.396 e. The van der Waals surface area contributed by atoms with Crippen molar-refractivity contribution in [3.8, 4) is 0 Å². The van der Waals surface area contributed by atoms with E-state index in [1.165, 1.54) is 12.1 Å². The van der Waals surface area contributed by atoms with Crippen molar-refractivity contribution >= 4 is 29.3 Å². The lowest BCUT2D eigenvalue weighted by Gasteiger charge is -2.16. The Morgan fingerprint density at radius 2 is 2.33 bits per heavy atom. The third kappa shape index (κ3) is 4.48. The molecule has 1 aromatic rings. The number of benzene rings is 1. The first kappa shape index (κ1) is 15.3. The first-order valence-electron chi connectivity index (χ1n) is 5.44. The molecular weight excluding hydrogens is 277 g/mol. The highest BCUT2D eigenvalue weighted by molar-refractivity contribution is 7.98. The summed E-state index contributed by atoms with van der Waals surface area (Å²) in [5.41, 5.74) is 0.311. The molecule has 0 radical (unpaired) electrons. The molecule has 18 heavy (non-hydrogen) atoms. The minimum Gasteiger partial charge on any atom is -0.396 e. The number of amides is 1. The zero-order valence-electron chi connectivity index (χ0n) is 9.95. The van der Waals surface area contributed by atoms with E-state index in [9.17, 15) is 9.18 Å². The molecule has 100 valence electrons. The van der Waals surface area contributed by atoms with E-state index in [0.29, 0.717) is 17.7 Å². The van der Waals surface area contributed by atoms with Crippen LogP contribution in [0.25, 0.3) is 0 Å². The molecule has 0 aliphatic carbocycles. The SMILES string of the molecule is CSC[C@H](CCO)NC(=O)c1ccc(F)c(Cl)c1. The quantitative estimate of drug-likeness (QED) is 0.846. The Kier molecular flexibility index (Phi) is 6.46. The van der Waals surface area contributed by atoms with Crippen molar-refractivity contribution in [3.05, 3.63) is 34.6 Å². The van der Waals surface area contributed by atoms with Gasteiger partial charge in [-0.2, -0.15) is 11.8 Å². The number of thioether (sulfide) groups is 1. The van der Waals surface area contributed by atoms with Gasteiger partial charge in [-0.05, 0) is 30.9 Å². The fourth-order valence-corrected chi connectivity index (χ4v) is 2.29. The molecular formula is C12H15ClFNO2S. The van der Waals surface area contributed by atoms with E-state index < -0.39 is 5.82 Å². The summed E-state index contributed by atoms with van der Waals surface area (Å²) in [7, 11) is 0. The number of hydrogen-bond donors (Lipinski definition) is 2. The average Bonchev–Trinajstić information content (AvgIpc) is 2.33. The molecule has 1 aromatic carbocycles. The Hall–Kier alpha value is -0.780. The third-order valence-electron chi connectivity index (χ3n) is 2.36. The second kappa shape index (κ2) is 7.61. The minimum absolute atomic E-state index is 0.00960. The topological polar surface area (TPSA) is 49.3 Å². The van der Waals surface area contributed by atoms with E-state index in [1.807, 2.05) is 6.26 Å². The Morgan fingerprint density at radius 1 is 1.61 bits per heavy atom. The van der Waals surface area contributed by atoms with Crippen LogP contribution in [0.4, 0.5) is 4.39 Å². The molecule has 0 bridgehead atoms. The Bertz CT molecular complexity index is 411. The lowest BCUT2D eigenvalue weighted by molar-refractivity contribution is 0.0935. The van der Waals surface area contributed by atoms with Crippen molar-refractivity contribution < 1.29 is 14.3 Å². The highest BCUT2D eigenvalue weighted by atomic mass is 35.5. The van der Waals surface area contributed by atoms with Crippen molar-refractivity contribution in [2.45, 2.75) is 12.5 Å². The molecule has 0 unspecified atom stereocenters. The van der Waals surface area contributed by atoms with Crippen LogP contribution >= 0.6 is 23.4 Å². The van der Waals surface area contributed by atoms with Gasteiger partial charge in [0, 0.05) is 24.0 Å². The van der Waals surface area contributed by atoms with Crippen LogP contribution in [-0.2, 0) is 0 Å². The van der Waals surface area contributed by atoms with E-state index in [-0.39, 0.29) is 23.6 Å². The van der Waals surface area contributed by atoms with Crippen LogP contribution in [0.5, 0.6) is 0 Å². The Labute approximate surface area is 115 Å². The van der Waals surface area contributed by atoms with Gasteiger partial charge in [0.2, 0.25) is 0 Å². The van der Waals surface area contributed by atoms with Gasteiger partial charge in [-0.25, -0.2) is 4.39 Å². The molecule has 1 amide bonds. The van der Waals surface area contributed by atoms with E-state index >= 15 is 0 Å². The fourth-order valence-electron chi connectivity index (χ4n) is 1.46. The molecule has 6 heteroatoms. The molecule has 0 saturated carbocycles. The van der Waals surface area contributed by atoms with Gasteiger partial charge in [0.25, 0.3) is 5.91 Å². The van der Waals surface area contributed by atoms with Gasteiger partial charge >= 0.3 is 0 Å². The highest BCUT2D eigenvalue weighted by Gasteiger charge is 2.14. The summed E-state index contributed by atoms with van der Waals surface area (Å²) < 4.78 is 13.0. The lowest BCUT2D eigenvalue weighted by atomic mass is 10.2. The molecule has 0 fully saturated rings. The summed E-state index contributed by atoms with van der Waals surface area (Å²) >= 11 is 7.20. The monoisotopic (exact) mass is 291 g/mol. The van der Waals surface area contributed by atoms with Gasteiger partial charge in [0.1, 0.15) is 5.82 Å². The number of aliphatic hydroxyl groups is 1. The predicted octanol–water partition coefficient (Wildman–Crippen LogP) is 2.32. The van der Waals surface area contributed by atoms with Crippen molar-refractivity contribution in [1.82, 2.24) is 5.32 Å². The molecule has 1 rings (SSSR count). The number of rotatable bonds is 6. The summed E-state index contributed by atoms with van der Waals surface area (Å²) in [6, 6.07) is 3.72. The molecule has 0 spiro atoms. The first-order valence-corrected chi connectivity index (χ1v) is 7.21. The number of nitrogens with one attached hydrogen (secondary N) is 1. The zero-order chi connectivity index (χ0) is 13.5. The van der Waals surface area contributed by atoms with Gasteiger partial charge < -0.3 is 10.4 Å². The van der Waals surface area contributed by atoms with Gasteiger partial charge in [0.15, 0.2) is 0 Å². The molecule has 2 N–H and O–H groups in total. The predicted molar refractivity (Wildman–Crippen MR) is 72.7 cm³/mol. The van der Waals surface area contributed by atoms with Crippen LogP contribution in [0.2, 0.25) is 5.02 Å². The minimum atomic E-state index is -0.552. The second-order valence-corrected chi connectivity index (χ2v) is 5.08. The normalized spacial score (nSPS) is 12.2. The van der Waals surface area contributed by atoms with Crippen molar-refractivity contribution in [2.75, 3.05) is 18.6 Å². The summed E-state index contributed by atoms with van der Waals surface area (Å²) in [4.78, 5) is 11.9. The van der Waals surface area contributed by atoms with E-state index in [1.54, 1.807) is 11.8 Å². The van der Waals surface area contributed by atoms with Crippen molar-refractivity contribution in [2.24, 2.45) is 0 Å². The van der Waals surface area contributed by atoms with Gasteiger partial charge in [-0.3, -0.25) is 4.79 Å². The van der Waals surface area contributed by atoms with Crippen molar-refractivity contribution in [3.63, 3.8) is 0 Å². The average molecular weight is 292 g/mol. The third-order valence-corrected chi connectivity index (χ3v) is 3.39. The standard InChI is InChI=1S/C12H15ClFNO2S/c1-18-7-9(4-5-16)15-12(17)8-2-3-11(14)10(13)6-8/h2-3,6,9,16H,4-5,7H2,1H3,(H,15,17)/t9-/m0/s1. The summed E-state index contributed by atoms with van der Waals surface area (Å²) in [6.45, 7) is 0.00960. The van der Waals surface area contributed by atoms with Crippen molar-refractivity contribution in [1.29, 1.82) is 0 Å². The molecule has 0 saturated heterocycles. The molecule has 0 aliphatic heterocycles. The number of hydrogen-bond acceptors (Lipinski definition) is 3. The second-order valence-electron chi connectivity index (χ2n) is 3.77. The molecule has 0 aromatic heterocycles. The van der Waals surface area contributed by atoms with Gasteiger partial charge in [-0.1, -0.05) is 11.6 Å². The molecule has 1 atom stereocenters. The van der Waals surface area contributed by atoms with Gasteiger partial charge in [0.05, 0.1) is 5.02 Å². The maximum atomic E-state index is 13.0. The smallest absolute Gasteiger partial charge is 0.251 e. The number of aliphatic hydroxyl groups excluding tert-OH is 1. The summed E-state index contributed by atoms with van der Waals surface area (Å²) in [6.07, 6.45) is 2.41. The van der Waals surface area contributed by atoms with E-state index in [2.05, 4.69) is 5.32 Å². The first-order chi connectivity index (χ1) is 8.58. The van der Waals surface area contributed by atoms with Crippen LogP contribution in [0, 0.1) is 5.82 Å². The van der Waals surface area contributed by atoms with Crippen LogP contribution in [-0.4, -0.2) is 35.7 Å². The van der Waals surface area contributed by atoms with E-state index in [4.69, 9.17) is 16.7 Å². The number of halogens is 2.